The molecule has 0 saturated carbocycles. The van der Waals surface area contributed by atoms with Gasteiger partial charge in [0, 0.05) is 25.2 Å². The summed E-state index contributed by atoms with van der Waals surface area (Å²) in [7, 11) is 3.25. The smallest absolute Gasteiger partial charge is 0.224 e. The van der Waals surface area contributed by atoms with Crippen LogP contribution in [0.4, 0.5) is 5.69 Å². The zero-order chi connectivity index (χ0) is 22.6. The minimum Gasteiger partial charge on any atom is -0.493 e. The van der Waals surface area contributed by atoms with Gasteiger partial charge in [-0.3, -0.25) is 4.79 Å². The van der Waals surface area contributed by atoms with Crippen molar-refractivity contribution >= 4 is 41.5 Å². The highest BCUT2D eigenvalue weighted by molar-refractivity contribution is 14.0. The van der Waals surface area contributed by atoms with E-state index in [1.54, 1.807) is 14.2 Å². The number of hydrogen-bond donors (Lipinski definition) is 3. The number of aliphatic imine (C=N–C) groups is 1. The zero-order valence-corrected chi connectivity index (χ0v) is 21.9. The molecule has 2 aromatic rings. The summed E-state index contributed by atoms with van der Waals surface area (Å²) in [5, 5.41) is 9.55. The Bertz CT molecular complexity index is 887. The van der Waals surface area contributed by atoms with Gasteiger partial charge in [0.1, 0.15) is 0 Å². The van der Waals surface area contributed by atoms with E-state index in [2.05, 4.69) is 20.9 Å². The first kappa shape index (κ1) is 27.5. The molecule has 0 fully saturated rings. The van der Waals surface area contributed by atoms with Crippen LogP contribution in [0.25, 0.3) is 0 Å². The van der Waals surface area contributed by atoms with Gasteiger partial charge in [0.15, 0.2) is 17.5 Å². The Morgan fingerprint density at radius 3 is 2.41 bits per heavy atom. The first-order valence-electron chi connectivity index (χ1n) is 10.6. The number of rotatable bonds is 10. The maximum atomic E-state index is 12.0. The van der Waals surface area contributed by atoms with Gasteiger partial charge in [-0.25, -0.2) is 4.99 Å². The van der Waals surface area contributed by atoms with E-state index in [1.807, 2.05) is 63.2 Å². The number of anilines is 1. The topological polar surface area (TPSA) is 84.0 Å². The summed E-state index contributed by atoms with van der Waals surface area (Å²) < 4.78 is 10.7. The molecule has 0 aliphatic carbocycles. The van der Waals surface area contributed by atoms with Crippen LogP contribution in [0.3, 0.4) is 0 Å². The first-order chi connectivity index (χ1) is 14.9. The fourth-order valence-corrected chi connectivity index (χ4v) is 3.02. The zero-order valence-electron chi connectivity index (χ0n) is 19.5. The molecule has 7 nitrogen and oxygen atoms in total. The van der Waals surface area contributed by atoms with Crippen molar-refractivity contribution in [3.05, 3.63) is 53.6 Å². The third kappa shape index (κ3) is 9.33. The number of hydrogen-bond acceptors (Lipinski definition) is 4. The van der Waals surface area contributed by atoms with E-state index in [0.717, 1.165) is 23.4 Å². The molecule has 176 valence electrons. The molecule has 0 saturated heterocycles. The van der Waals surface area contributed by atoms with Gasteiger partial charge in [0.2, 0.25) is 5.91 Å². The molecule has 1 amide bonds. The molecule has 0 aliphatic heterocycles. The molecular formula is C24H35IN4O3. The number of amides is 1. The Morgan fingerprint density at radius 2 is 1.75 bits per heavy atom. The highest BCUT2D eigenvalue weighted by Crippen LogP contribution is 2.27. The Morgan fingerprint density at radius 1 is 1.00 bits per heavy atom. The quantitative estimate of drug-likeness (QED) is 0.228. The van der Waals surface area contributed by atoms with Crippen LogP contribution in [0.15, 0.2) is 47.5 Å². The van der Waals surface area contributed by atoms with E-state index in [0.29, 0.717) is 42.9 Å². The van der Waals surface area contributed by atoms with Crippen molar-refractivity contribution in [2.45, 2.75) is 40.3 Å². The van der Waals surface area contributed by atoms with Crippen LogP contribution in [0.1, 0.15) is 38.3 Å². The summed E-state index contributed by atoms with van der Waals surface area (Å²) in [5.41, 5.74) is 2.87. The minimum absolute atomic E-state index is 0. The van der Waals surface area contributed by atoms with Crippen LogP contribution >= 0.6 is 24.0 Å². The normalized spacial score (nSPS) is 10.9. The van der Waals surface area contributed by atoms with Crippen LogP contribution in [0.5, 0.6) is 11.5 Å². The third-order valence-electron chi connectivity index (χ3n) is 4.48. The van der Waals surface area contributed by atoms with E-state index in [1.165, 1.54) is 0 Å². The molecule has 0 aliphatic rings. The number of benzene rings is 2. The number of ether oxygens (including phenoxy) is 2. The monoisotopic (exact) mass is 554 g/mol. The van der Waals surface area contributed by atoms with Crippen LogP contribution in [0, 0.1) is 5.92 Å². The lowest BCUT2D eigenvalue weighted by atomic mass is 10.1. The van der Waals surface area contributed by atoms with Crippen LogP contribution in [-0.4, -0.2) is 32.6 Å². The van der Waals surface area contributed by atoms with Crippen LogP contribution < -0.4 is 25.4 Å². The number of nitrogens with one attached hydrogen (secondary N) is 3. The highest BCUT2D eigenvalue weighted by atomic mass is 127. The predicted molar refractivity (Wildman–Crippen MR) is 141 cm³/mol. The second kappa shape index (κ2) is 14.5. The second-order valence-corrected chi connectivity index (χ2v) is 7.58. The number of guanidine groups is 1. The molecule has 0 unspecified atom stereocenters. The van der Waals surface area contributed by atoms with Gasteiger partial charge >= 0.3 is 0 Å². The molecule has 0 bridgehead atoms. The molecule has 0 spiro atoms. The highest BCUT2D eigenvalue weighted by Gasteiger charge is 2.07. The molecule has 8 heteroatoms. The van der Waals surface area contributed by atoms with Gasteiger partial charge in [-0.15, -0.1) is 24.0 Å². The molecule has 32 heavy (non-hydrogen) atoms. The van der Waals surface area contributed by atoms with Crippen LogP contribution in [0.2, 0.25) is 0 Å². The van der Waals surface area contributed by atoms with Crippen molar-refractivity contribution in [1.29, 1.82) is 0 Å². The largest absolute Gasteiger partial charge is 0.493 e. The summed E-state index contributed by atoms with van der Waals surface area (Å²) in [6.45, 7) is 7.93. The van der Waals surface area contributed by atoms with E-state index >= 15 is 0 Å². The average Bonchev–Trinajstić information content (AvgIpc) is 2.75. The van der Waals surface area contributed by atoms with E-state index in [4.69, 9.17) is 9.47 Å². The summed E-state index contributed by atoms with van der Waals surface area (Å²) in [6, 6.07) is 13.6. The summed E-state index contributed by atoms with van der Waals surface area (Å²) in [5.74, 6) is 2.46. The Labute approximate surface area is 208 Å². The fraction of sp³-hybridized carbons (Fsp3) is 0.417. The molecule has 2 rings (SSSR count). The fourth-order valence-electron chi connectivity index (χ4n) is 3.02. The maximum absolute atomic E-state index is 12.0. The van der Waals surface area contributed by atoms with Gasteiger partial charge in [-0.1, -0.05) is 32.0 Å². The molecule has 0 aromatic heterocycles. The van der Waals surface area contributed by atoms with E-state index in [-0.39, 0.29) is 29.9 Å². The number of methoxy groups -OCH3 is 2. The number of halogens is 1. The molecule has 0 heterocycles. The van der Waals surface area contributed by atoms with Crippen molar-refractivity contribution in [2.24, 2.45) is 10.9 Å². The van der Waals surface area contributed by atoms with Crippen molar-refractivity contribution in [3.63, 3.8) is 0 Å². The number of carbonyl (C=O) groups excluding carboxylic acids is 1. The van der Waals surface area contributed by atoms with E-state index < -0.39 is 0 Å². The number of nitrogens with zero attached hydrogens (tertiary/aromatic N) is 1. The van der Waals surface area contributed by atoms with Gasteiger partial charge in [0.25, 0.3) is 0 Å². The van der Waals surface area contributed by atoms with Crippen LogP contribution in [-0.2, 0) is 17.9 Å². The lowest BCUT2D eigenvalue weighted by molar-refractivity contribution is -0.116. The lowest BCUT2D eigenvalue weighted by Gasteiger charge is -2.13. The van der Waals surface area contributed by atoms with Crippen molar-refractivity contribution in [1.82, 2.24) is 10.6 Å². The Hall–Kier alpha value is -2.49. The summed E-state index contributed by atoms with van der Waals surface area (Å²) in [4.78, 5) is 16.7. The molecular weight excluding hydrogens is 519 g/mol. The average molecular weight is 554 g/mol. The molecule has 3 N–H and O–H groups in total. The molecule has 0 radical (unpaired) electrons. The van der Waals surface area contributed by atoms with Crippen molar-refractivity contribution in [3.8, 4) is 11.5 Å². The van der Waals surface area contributed by atoms with Gasteiger partial charge < -0.3 is 25.4 Å². The van der Waals surface area contributed by atoms with Gasteiger partial charge in [-0.05, 0) is 48.2 Å². The predicted octanol–water partition coefficient (Wildman–Crippen LogP) is 4.56. The minimum atomic E-state index is 0. The Balaban J connectivity index is 0.00000512. The SMILES string of the molecule is CCNC(=NCc1cccc(NC(=O)CC(C)C)c1)NCc1ccc(OC)c(OC)c1.I. The van der Waals surface area contributed by atoms with E-state index in [9.17, 15) is 4.79 Å². The summed E-state index contributed by atoms with van der Waals surface area (Å²) >= 11 is 0. The maximum Gasteiger partial charge on any atom is 0.224 e. The first-order valence-corrected chi connectivity index (χ1v) is 10.6. The molecule has 0 atom stereocenters. The third-order valence-corrected chi connectivity index (χ3v) is 4.48. The van der Waals surface area contributed by atoms with Crippen molar-refractivity contribution in [2.75, 3.05) is 26.1 Å². The van der Waals surface area contributed by atoms with Gasteiger partial charge in [0.05, 0.1) is 20.8 Å². The summed E-state index contributed by atoms with van der Waals surface area (Å²) in [6.07, 6.45) is 0.507. The Kier molecular flexibility index (Phi) is 12.5. The van der Waals surface area contributed by atoms with Crippen molar-refractivity contribution < 1.29 is 14.3 Å². The standard InChI is InChI=1S/C24H34N4O3.HI/c1-6-25-24(27-16-19-10-11-21(30-4)22(14-19)31-5)26-15-18-8-7-9-20(13-18)28-23(29)12-17(2)3;/h7-11,13-14,17H,6,12,15-16H2,1-5H3,(H,28,29)(H2,25,26,27);1H. The number of carbonyl (C=O) groups is 1. The van der Waals surface area contributed by atoms with Gasteiger partial charge in [-0.2, -0.15) is 0 Å². The second-order valence-electron chi connectivity index (χ2n) is 7.58. The lowest BCUT2D eigenvalue weighted by Crippen LogP contribution is -2.36. The molecule has 2 aromatic carbocycles.